The van der Waals surface area contributed by atoms with Crippen molar-refractivity contribution in [3.8, 4) is 16.3 Å². The Morgan fingerprint density at radius 1 is 1.29 bits per heavy atom. The van der Waals surface area contributed by atoms with Crippen LogP contribution in [0.1, 0.15) is 36.8 Å². The summed E-state index contributed by atoms with van der Waals surface area (Å²) in [6, 6.07) is 7.73. The quantitative estimate of drug-likeness (QED) is 0.368. The molecule has 9 nitrogen and oxygen atoms in total. The number of hydrogen-bond donors (Lipinski definition) is 3. The maximum atomic E-state index is 11.5. The molecule has 3 aromatic rings. The zero-order valence-electron chi connectivity index (χ0n) is 20.0. The minimum absolute atomic E-state index is 0.123. The van der Waals surface area contributed by atoms with Crippen LogP contribution in [0.25, 0.3) is 10.4 Å². The monoisotopic (exact) mass is 498 g/mol. The third-order valence-corrected chi connectivity index (χ3v) is 7.46. The molecule has 0 radical (unpaired) electrons. The fourth-order valence-corrected chi connectivity index (χ4v) is 5.51. The van der Waals surface area contributed by atoms with Crippen molar-refractivity contribution in [1.82, 2.24) is 15.0 Å². The molecule has 1 aliphatic carbocycles. The molecule has 186 valence electrons. The lowest BCUT2D eigenvalue weighted by Gasteiger charge is -2.37. The number of ether oxygens (including phenoxy) is 2. The highest BCUT2D eigenvalue weighted by molar-refractivity contribution is 7.15. The number of carbonyl (C=O) groups is 1. The maximum absolute atomic E-state index is 11.5. The van der Waals surface area contributed by atoms with E-state index in [-0.39, 0.29) is 5.92 Å². The minimum atomic E-state index is -1.10. The fourth-order valence-electron chi connectivity index (χ4n) is 4.48. The number of aliphatic carboxylic acids is 1. The first kappa shape index (κ1) is 25.0. The second-order valence-corrected chi connectivity index (χ2v) is 10.0. The van der Waals surface area contributed by atoms with E-state index in [1.807, 2.05) is 26.0 Å². The molecule has 0 bridgehead atoms. The van der Waals surface area contributed by atoms with Crippen LogP contribution in [0, 0.1) is 18.8 Å². The second kappa shape index (κ2) is 10.7. The number of carboxylic acids is 1. The molecule has 0 saturated heterocycles. The van der Waals surface area contributed by atoms with Gasteiger partial charge in [-0.15, -0.1) is 11.3 Å². The van der Waals surface area contributed by atoms with Gasteiger partial charge in [-0.3, -0.25) is 4.79 Å². The Morgan fingerprint density at radius 3 is 2.86 bits per heavy atom. The van der Waals surface area contributed by atoms with Gasteiger partial charge in [-0.1, -0.05) is 13.0 Å². The van der Waals surface area contributed by atoms with Crippen molar-refractivity contribution in [2.24, 2.45) is 11.8 Å². The Kier molecular flexibility index (Phi) is 7.63. The summed E-state index contributed by atoms with van der Waals surface area (Å²) in [5.41, 5.74) is 1.72. The molecule has 3 unspecified atom stereocenters. The van der Waals surface area contributed by atoms with Gasteiger partial charge in [0.1, 0.15) is 17.2 Å². The Hall–Kier alpha value is -3.08. The van der Waals surface area contributed by atoms with Crippen LogP contribution >= 0.6 is 11.3 Å². The first-order chi connectivity index (χ1) is 16.8. The Bertz CT molecular complexity index is 1190. The summed E-state index contributed by atoms with van der Waals surface area (Å²) >= 11 is 1.44. The van der Waals surface area contributed by atoms with Crippen molar-refractivity contribution < 1.29 is 24.5 Å². The van der Waals surface area contributed by atoms with Gasteiger partial charge in [0.2, 0.25) is 11.8 Å². The van der Waals surface area contributed by atoms with Crippen molar-refractivity contribution in [1.29, 1.82) is 0 Å². The van der Waals surface area contributed by atoms with Crippen molar-refractivity contribution >= 4 is 28.9 Å². The van der Waals surface area contributed by atoms with Gasteiger partial charge in [-0.05, 0) is 55.4 Å². The number of aliphatic hydroxyl groups is 1. The molecule has 0 amide bonds. The second-order valence-electron chi connectivity index (χ2n) is 9.00. The van der Waals surface area contributed by atoms with Crippen LogP contribution < -0.4 is 10.1 Å². The summed E-state index contributed by atoms with van der Waals surface area (Å²) in [6.45, 7) is 4.76. The van der Waals surface area contributed by atoms with Crippen LogP contribution in [0.4, 0.5) is 11.6 Å². The number of carboxylic acid groups (broad SMARTS) is 1. The lowest BCUT2D eigenvalue weighted by molar-refractivity contribution is -0.148. The van der Waals surface area contributed by atoms with Crippen molar-refractivity contribution in [3.63, 3.8) is 0 Å². The molecule has 1 aliphatic rings. The number of aromatic nitrogens is 3. The van der Waals surface area contributed by atoms with Crippen LogP contribution in [0.15, 0.2) is 36.7 Å². The molecule has 3 N–H and O–H groups in total. The predicted molar refractivity (Wildman–Crippen MR) is 133 cm³/mol. The van der Waals surface area contributed by atoms with Crippen LogP contribution in [-0.4, -0.2) is 51.5 Å². The number of anilines is 2. The van der Waals surface area contributed by atoms with Crippen molar-refractivity contribution in [3.05, 3.63) is 47.2 Å². The molecule has 3 atom stereocenters. The van der Waals surface area contributed by atoms with E-state index in [2.05, 4.69) is 26.3 Å². The summed E-state index contributed by atoms with van der Waals surface area (Å²) in [5, 5.41) is 24.5. The first-order valence-corrected chi connectivity index (χ1v) is 12.3. The van der Waals surface area contributed by atoms with E-state index in [4.69, 9.17) is 9.47 Å². The third-order valence-electron chi connectivity index (χ3n) is 6.22. The molecular weight excluding hydrogens is 468 g/mol. The van der Waals surface area contributed by atoms with Crippen LogP contribution in [0.5, 0.6) is 5.88 Å². The minimum Gasteiger partial charge on any atom is -0.481 e. The number of thiazole rings is 1. The van der Waals surface area contributed by atoms with Gasteiger partial charge < -0.3 is 25.0 Å². The Labute approximate surface area is 208 Å². The fraction of sp³-hybridized carbons (Fsp3) is 0.440. The molecule has 1 aromatic carbocycles. The topological polar surface area (TPSA) is 127 Å². The standard InChI is InChI=1S/C25H30N4O5S/c1-15-10-17(12-18(11-15)28-24-26-7-5-21(29-24)34-9-8-33-3)20-14-27-23(35-20)25(32)6-4-19(22(30)31)16(2)13-25/h5,7,10-12,14,16,19,32H,4,6,8-9,13H2,1-3H3,(H,30,31)(H,26,28,29). The van der Waals surface area contributed by atoms with E-state index in [9.17, 15) is 15.0 Å². The van der Waals surface area contributed by atoms with Gasteiger partial charge in [0, 0.05) is 31.3 Å². The number of nitrogens with one attached hydrogen (secondary N) is 1. The number of rotatable bonds is 9. The number of benzene rings is 1. The Morgan fingerprint density at radius 2 is 2.11 bits per heavy atom. The first-order valence-electron chi connectivity index (χ1n) is 11.5. The normalized spacial score (nSPS) is 22.1. The summed E-state index contributed by atoms with van der Waals surface area (Å²) in [6.07, 6.45) is 4.62. The van der Waals surface area contributed by atoms with Crippen LogP contribution in [0.2, 0.25) is 0 Å². The predicted octanol–water partition coefficient (Wildman–Crippen LogP) is 4.39. The smallest absolute Gasteiger partial charge is 0.306 e. The SMILES string of the molecule is COCCOc1ccnc(Nc2cc(C)cc(-c3cnc(C4(O)CCC(C(=O)O)C(C)C4)s3)c2)n1. The Balaban J connectivity index is 1.51. The summed E-state index contributed by atoms with van der Waals surface area (Å²) in [7, 11) is 1.61. The molecule has 35 heavy (non-hydrogen) atoms. The van der Waals surface area contributed by atoms with E-state index in [1.165, 1.54) is 11.3 Å². The van der Waals surface area contributed by atoms with Gasteiger partial charge in [0.25, 0.3) is 0 Å². The molecule has 0 aliphatic heterocycles. The van der Waals surface area contributed by atoms with E-state index >= 15 is 0 Å². The number of methoxy groups -OCH3 is 1. The average Bonchev–Trinajstić information content (AvgIpc) is 3.30. The maximum Gasteiger partial charge on any atom is 0.306 e. The zero-order valence-corrected chi connectivity index (χ0v) is 20.8. The van der Waals surface area contributed by atoms with Gasteiger partial charge in [0.05, 0.1) is 17.4 Å². The summed E-state index contributed by atoms with van der Waals surface area (Å²) in [5.74, 6) is -0.469. The largest absolute Gasteiger partial charge is 0.481 e. The summed E-state index contributed by atoms with van der Waals surface area (Å²) in [4.78, 5) is 25.6. The van der Waals surface area contributed by atoms with E-state index in [0.29, 0.717) is 49.3 Å². The molecule has 2 aromatic heterocycles. The van der Waals surface area contributed by atoms with Crippen LogP contribution in [-0.2, 0) is 15.1 Å². The van der Waals surface area contributed by atoms with E-state index < -0.39 is 17.5 Å². The van der Waals surface area contributed by atoms with Crippen LogP contribution in [0.3, 0.4) is 0 Å². The average molecular weight is 499 g/mol. The molecule has 2 heterocycles. The van der Waals surface area contributed by atoms with Gasteiger partial charge >= 0.3 is 5.97 Å². The van der Waals surface area contributed by atoms with E-state index in [0.717, 1.165) is 21.7 Å². The molecule has 4 rings (SSSR count). The molecule has 1 fully saturated rings. The van der Waals surface area contributed by atoms with Gasteiger partial charge in [0.15, 0.2) is 0 Å². The molecule has 0 spiro atoms. The highest BCUT2D eigenvalue weighted by Gasteiger charge is 2.43. The summed E-state index contributed by atoms with van der Waals surface area (Å²) < 4.78 is 10.6. The number of hydrogen-bond acceptors (Lipinski definition) is 9. The lowest BCUT2D eigenvalue weighted by atomic mass is 9.72. The highest BCUT2D eigenvalue weighted by Crippen LogP contribution is 2.45. The molecular formula is C25H30N4O5S. The lowest BCUT2D eigenvalue weighted by Crippen LogP contribution is -2.38. The molecule has 1 saturated carbocycles. The van der Waals surface area contributed by atoms with Crippen molar-refractivity contribution in [2.75, 3.05) is 25.6 Å². The van der Waals surface area contributed by atoms with Gasteiger partial charge in [-0.25, -0.2) is 9.97 Å². The molecule has 10 heteroatoms. The number of nitrogens with zero attached hydrogens (tertiary/aromatic N) is 3. The third kappa shape index (κ3) is 5.95. The van der Waals surface area contributed by atoms with Gasteiger partial charge in [-0.2, -0.15) is 4.98 Å². The number of aryl methyl sites for hydroxylation is 1. The van der Waals surface area contributed by atoms with E-state index in [1.54, 1.807) is 25.6 Å². The van der Waals surface area contributed by atoms with Crippen molar-refractivity contribution in [2.45, 2.75) is 38.7 Å². The zero-order chi connectivity index (χ0) is 25.0. The highest BCUT2D eigenvalue weighted by atomic mass is 32.1.